The van der Waals surface area contributed by atoms with E-state index in [4.69, 9.17) is 4.74 Å². The Balaban J connectivity index is 1.86. The summed E-state index contributed by atoms with van der Waals surface area (Å²) in [6, 6.07) is 6.39. The summed E-state index contributed by atoms with van der Waals surface area (Å²) in [5.74, 6) is 1.85. The van der Waals surface area contributed by atoms with Crippen LogP contribution in [0.15, 0.2) is 22.7 Å². The highest BCUT2D eigenvalue weighted by atomic mass is 79.9. The van der Waals surface area contributed by atoms with Gasteiger partial charge < -0.3 is 10.1 Å². The lowest BCUT2D eigenvalue weighted by Gasteiger charge is -2.27. The normalized spacial score (nSPS) is 27.4. The molecule has 3 heteroatoms. The van der Waals surface area contributed by atoms with Crippen molar-refractivity contribution in [3.8, 4) is 5.75 Å². The third-order valence-electron chi connectivity index (χ3n) is 4.08. The van der Waals surface area contributed by atoms with E-state index in [0.29, 0.717) is 0 Å². The number of ether oxygens (including phenoxy) is 1. The quantitative estimate of drug-likeness (QED) is 0.912. The van der Waals surface area contributed by atoms with Crippen molar-refractivity contribution in [1.29, 1.82) is 0 Å². The fourth-order valence-electron chi connectivity index (χ4n) is 2.68. The van der Waals surface area contributed by atoms with Crippen molar-refractivity contribution in [2.45, 2.75) is 38.1 Å². The minimum atomic E-state index is 0.0721. The summed E-state index contributed by atoms with van der Waals surface area (Å²) in [5.41, 5.74) is 1.37. The van der Waals surface area contributed by atoms with Crippen molar-refractivity contribution >= 4 is 15.9 Å². The third kappa shape index (κ3) is 2.57. The van der Waals surface area contributed by atoms with Crippen LogP contribution in [-0.2, 0) is 5.54 Å². The van der Waals surface area contributed by atoms with Crippen molar-refractivity contribution in [2.24, 2.45) is 5.92 Å². The Morgan fingerprint density at radius 1 is 1.44 bits per heavy atom. The maximum atomic E-state index is 6.03. The first-order valence-electron chi connectivity index (χ1n) is 6.85. The predicted molar refractivity (Wildman–Crippen MR) is 76.9 cm³/mol. The van der Waals surface area contributed by atoms with Gasteiger partial charge in [0.2, 0.25) is 0 Å². The molecule has 2 fully saturated rings. The third-order valence-corrected chi connectivity index (χ3v) is 4.57. The second kappa shape index (κ2) is 4.86. The van der Waals surface area contributed by atoms with Gasteiger partial charge >= 0.3 is 0 Å². The fraction of sp³-hybridized carbons (Fsp3) is 0.600. The van der Waals surface area contributed by atoms with Gasteiger partial charge in [0.15, 0.2) is 0 Å². The van der Waals surface area contributed by atoms with E-state index < -0.39 is 0 Å². The molecule has 0 radical (unpaired) electrons. The summed E-state index contributed by atoms with van der Waals surface area (Å²) >= 11 is 3.58. The summed E-state index contributed by atoms with van der Waals surface area (Å²) in [4.78, 5) is 0. The summed E-state index contributed by atoms with van der Waals surface area (Å²) in [6.45, 7) is 4.27. The molecule has 98 valence electrons. The van der Waals surface area contributed by atoms with Gasteiger partial charge in [0.05, 0.1) is 6.61 Å². The molecule has 1 aliphatic carbocycles. The van der Waals surface area contributed by atoms with Gasteiger partial charge in [-0.05, 0) is 63.3 Å². The van der Waals surface area contributed by atoms with Gasteiger partial charge in [-0.2, -0.15) is 0 Å². The molecule has 1 saturated heterocycles. The molecule has 1 aromatic carbocycles. The topological polar surface area (TPSA) is 21.3 Å². The van der Waals surface area contributed by atoms with E-state index >= 15 is 0 Å². The summed E-state index contributed by atoms with van der Waals surface area (Å²) in [6.07, 6.45) is 5.09. The lowest BCUT2D eigenvalue weighted by molar-refractivity contribution is 0.286. The lowest BCUT2D eigenvalue weighted by atomic mass is 9.90. The second-order valence-corrected chi connectivity index (χ2v) is 6.67. The lowest BCUT2D eigenvalue weighted by Crippen LogP contribution is -2.33. The number of hydrogen-bond donors (Lipinski definition) is 1. The molecule has 0 aromatic heterocycles. The maximum absolute atomic E-state index is 6.03. The molecule has 1 aromatic rings. The number of benzene rings is 1. The van der Waals surface area contributed by atoms with Gasteiger partial charge in [0, 0.05) is 15.6 Å². The number of hydrogen-bond acceptors (Lipinski definition) is 2. The van der Waals surface area contributed by atoms with Gasteiger partial charge in [-0.25, -0.2) is 0 Å². The minimum absolute atomic E-state index is 0.0721. The van der Waals surface area contributed by atoms with E-state index in [1.807, 2.05) is 0 Å². The Labute approximate surface area is 117 Å². The van der Waals surface area contributed by atoms with E-state index in [9.17, 15) is 0 Å². The second-order valence-electron chi connectivity index (χ2n) is 5.76. The first-order chi connectivity index (χ1) is 8.67. The van der Waals surface area contributed by atoms with Gasteiger partial charge in [0.25, 0.3) is 0 Å². The molecule has 0 bridgehead atoms. The van der Waals surface area contributed by atoms with E-state index in [1.165, 1.54) is 31.2 Å². The fourth-order valence-corrected chi connectivity index (χ4v) is 3.04. The molecule has 2 aliphatic rings. The Kier molecular flexibility index (Phi) is 3.37. The summed E-state index contributed by atoms with van der Waals surface area (Å²) in [7, 11) is 0. The van der Waals surface area contributed by atoms with Crippen molar-refractivity contribution in [3.05, 3.63) is 28.2 Å². The largest absolute Gasteiger partial charge is 0.493 e. The molecule has 1 heterocycles. The summed E-state index contributed by atoms with van der Waals surface area (Å²) in [5, 5.41) is 3.62. The maximum Gasteiger partial charge on any atom is 0.124 e. The Morgan fingerprint density at radius 2 is 2.28 bits per heavy atom. The number of rotatable bonds is 4. The Morgan fingerprint density at radius 3 is 2.94 bits per heavy atom. The molecule has 1 N–H and O–H groups in total. The molecule has 1 unspecified atom stereocenters. The van der Waals surface area contributed by atoms with E-state index in [1.54, 1.807) is 0 Å². The highest BCUT2D eigenvalue weighted by Crippen LogP contribution is 2.39. The molecular weight excluding hydrogens is 290 g/mol. The molecular formula is C15H20BrNO. The monoisotopic (exact) mass is 309 g/mol. The smallest absolute Gasteiger partial charge is 0.124 e. The molecule has 0 spiro atoms. The van der Waals surface area contributed by atoms with Crippen LogP contribution in [0.4, 0.5) is 0 Å². The number of halogens is 1. The van der Waals surface area contributed by atoms with Crippen molar-refractivity contribution in [1.82, 2.24) is 5.32 Å². The van der Waals surface area contributed by atoms with Crippen molar-refractivity contribution in [3.63, 3.8) is 0 Å². The SMILES string of the molecule is CC1(c2cc(Br)ccc2OCC2CC2)CCCN1. The van der Waals surface area contributed by atoms with Gasteiger partial charge in [-0.3, -0.25) is 0 Å². The van der Waals surface area contributed by atoms with Crippen LogP contribution in [0.3, 0.4) is 0 Å². The average Bonchev–Trinajstić information content (AvgIpc) is 3.09. The zero-order valence-corrected chi connectivity index (χ0v) is 12.4. The van der Waals surface area contributed by atoms with Crippen molar-refractivity contribution in [2.75, 3.05) is 13.2 Å². The zero-order chi connectivity index (χ0) is 12.6. The van der Waals surface area contributed by atoms with Gasteiger partial charge in [-0.15, -0.1) is 0 Å². The first kappa shape index (κ1) is 12.5. The first-order valence-corrected chi connectivity index (χ1v) is 7.64. The van der Waals surface area contributed by atoms with Crippen molar-refractivity contribution < 1.29 is 4.74 Å². The molecule has 0 amide bonds. The Hall–Kier alpha value is -0.540. The van der Waals surface area contributed by atoms with Gasteiger partial charge in [0.1, 0.15) is 5.75 Å². The van der Waals surface area contributed by atoms with Crippen LogP contribution >= 0.6 is 15.9 Å². The van der Waals surface area contributed by atoms with Crippen LogP contribution in [-0.4, -0.2) is 13.2 Å². The summed E-state index contributed by atoms with van der Waals surface area (Å²) < 4.78 is 7.16. The van der Waals surface area contributed by atoms with Crippen LogP contribution in [0.2, 0.25) is 0 Å². The average molecular weight is 310 g/mol. The number of nitrogens with one attached hydrogen (secondary N) is 1. The highest BCUT2D eigenvalue weighted by molar-refractivity contribution is 9.10. The Bertz CT molecular complexity index is 436. The van der Waals surface area contributed by atoms with E-state index in [2.05, 4.69) is 46.4 Å². The molecule has 1 aliphatic heterocycles. The standard InChI is InChI=1S/C15H20BrNO/c1-15(7-2-8-17-15)13-9-12(16)5-6-14(13)18-10-11-3-4-11/h5-6,9,11,17H,2-4,7-8,10H2,1H3. The van der Waals surface area contributed by atoms with E-state index in [0.717, 1.165) is 29.3 Å². The predicted octanol–water partition coefficient (Wildman–Crippen LogP) is 3.84. The molecule has 1 atom stereocenters. The van der Waals surface area contributed by atoms with Gasteiger partial charge in [-0.1, -0.05) is 15.9 Å². The van der Waals surface area contributed by atoms with Crippen LogP contribution in [0.25, 0.3) is 0 Å². The molecule has 3 rings (SSSR count). The minimum Gasteiger partial charge on any atom is -0.493 e. The highest BCUT2D eigenvalue weighted by Gasteiger charge is 2.33. The van der Waals surface area contributed by atoms with Crippen LogP contribution < -0.4 is 10.1 Å². The molecule has 2 nitrogen and oxygen atoms in total. The van der Waals surface area contributed by atoms with E-state index in [-0.39, 0.29) is 5.54 Å². The van der Waals surface area contributed by atoms with Crippen LogP contribution in [0.5, 0.6) is 5.75 Å². The zero-order valence-electron chi connectivity index (χ0n) is 10.8. The van der Waals surface area contributed by atoms with Crippen LogP contribution in [0.1, 0.15) is 38.2 Å². The molecule has 18 heavy (non-hydrogen) atoms. The van der Waals surface area contributed by atoms with Crippen LogP contribution in [0, 0.1) is 5.92 Å². The molecule has 1 saturated carbocycles.